The lowest BCUT2D eigenvalue weighted by Gasteiger charge is -2.33. The molecule has 1 aliphatic carbocycles. The van der Waals surface area contributed by atoms with E-state index in [0.29, 0.717) is 0 Å². The van der Waals surface area contributed by atoms with Crippen LogP contribution in [0.3, 0.4) is 0 Å². The molecule has 0 unspecified atom stereocenters. The van der Waals surface area contributed by atoms with Gasteiger partial charge in [-0.3, -0.25) is 4.90 Å². The number of hydrogen-bond donors (Lipinski definition) is 2. The van der Waals surface area contributed by atoms with Gasteiger partial charge in [0.05, 0.1) is 0 Å². The monoisotopic (exact) mass is 521 g/mol. The smallest absolute Gasteiger partial charge is 0.119 e. The number of nitrogens with two attached hydrogens (primary N) is 1. The molecule has 4 heteroatoms. The highest BCUT2D eigenvalue weighted by Crippen LogP contribution is 2.41. The van der Waals surface area contributed by atoms with Gasteiger partial charge in [-0.2, -0.15) is 0 Å². The first-order chi connectivity index (χ1) is 18.9. The molecule has 0 saturated carbocycles. The molecule has 4 nitrogen and oxygen atoms in total. The van der Waals surface area contributed by atoms with E-state index >= 15 is 0 Å². The minimum Gasteiger partial charge on any atom is -0.489 e. The van der Waals surface area contributed by atoms with Crippen LogP contribution in [-0.2, 0) is 19.4 Å². The largest absolute Gasteiger partial charge is 0.489 e. The van der Waals surface area contributed by atoms with E-state index in [-0.39, 0.29) is 11.6 Å². The third-order valence-electron chi connectivity index (χ3n) is 8.73. The summed E-state index contributed by atoms with van der Waals surface area (Å²) in [7, 11) is 0. The van der Waals surface area contributed by atoms with Crippen LogP contribution in [0, 0.1) is 0 Å². The Balaban J connectivity index is 1.38. The molecule has 0 spiro atoms. The number of hydrogen-bond acceptors (Lipinski definition) is 4. The van der Waals surface area contributed by atoms with Gasteiger partial charge in [-0.05, 0) is 128 Å². The maximum atomic E-state index is 6.42. The molecule has 3 aliphatic rings. The molecule has 3 aromatic carbocycles. The number of nitrogen functional groups attached to an aromatic ring is 1. The third kappa shape index (κ3) is 5.64. The fourth-order valence-corrected chi connectivity index (χ4v) is 6.75. The Morgan fingerprint density at radius 1 is 0.949 bits per heavy atom. The molecule has 39 heavy (non-hydrogen) atoms. The Kier molecular flexibility index (Phi) is 7.26. The van der Waals surface area contributed by atoms with Crippen molar-refractivity contribution in [2.75, 3.05) is 25.4 Å². The number of allylic oxidation sites excluding steroid dienone is 1. The number of nitrogens with one attached hydrogen (secondary N) is 1. The number of nitrogens with zero attached hydrogens (tertiary/aromatic N) is 1. The predicted octanol–water partition coefficient (Wildman–Crippen LogP) is 6.85. The summed E-state index contributed by atoms with van der Waals surface area (Å²) >= 11 is 0. The van der Waals surface area contributed by atoms with Gasteiger partial charge < -0.3 is 15.8 Å². The van der Waals surface area contributed by atoms with Gasteiger partial charge in [0.25, 0.3) is 0 Å². The molecule has 2 heterocycles. The normalized spacial score (nSPS) is 20.8. The predicted molar refractivity (Wildman–Crippen MR) is 163 cm³/mol. The molecule has 1 atom stereocenters. The average molecular weight is 522 g/mol. The standard InChI is InChI=1S/C35H43N3O/c1-4-17-38-18-16-31(23-38)39-30-13-10-24(11-14-30)34-32(7-5-6-25-20-29(36)12-15-33(25)34)26-8-9-27-22-37-35(2,3)21-28(27)19-26/h8-15,19-20,31,37H,4-7,16-18,21-23,36H2,1-3H3/t31-/m0/s1. The van der Waals surface area contributed by atoms with E-state index in [1.807, 2.05) is 0 Å². The Morgan fingerprint density at radius 2 is 1.77 bits per heavy atom. The molecule has 1 saturated heterocycles. The molecule has 2 aliphatic heterocycles. The van der Waals surface area contributed by atoms with Gasteiger partial charge >= 0.3 is 0 Å². The molecule has 0 bridgehead atoms. The van der Waals surface area contributed by atoms with Crippen LogP contribution in [0.1, 0.15) is 79.8 Å². The van der Waals surface area contributed by atoms with Crippen LogP contribution < -0.4 is 15.8 Å². The lowest BCUT2D eigenvalue weighted by Crippen LogP contribution is -2.44. The zero-order valence-corrected chi connectivity index (χ0v) is 23.9. The summed E-state index contributed by atoms with van der Waals surface area (Å²) in [6, 6.07) is 22.5. The van der Waals surface area contributed by atoms with E-state index in [9.17, 15) is 0 Å². The van der Waals surface area contributed by atoms with Crippen LogP contribution in [0.15, 0.2) is 60.7 Å². The number of fused-ring (bicyclic) bond motifs is 2. The van der Waals surface area contributed by atoms with E-state index in [0.717, 1.165) is 69.7 Å². The minimum atomic E-state index is 0.124. The van der Waals surface area contributed by atoms with Crippen molar-refractivity contribution in [3.8, 4) is 5.75 Å². The van der Waals surface area contributed by atoms with E-state index in [4.69, 9.17) is 10.5 Å². The molecule has 204 valence electrons. The van der Waals surface area contributed by atoms with Crippen LogP contribution in [0.5, 0.6) is 5.75 Å². The van der Waals surface area contributed by atoms with Crippen LogP contribution in [0.2, 0.25) is 0 Å². The second kappa shape index (κ2) is 10.8. The van der Waals surface area contributed by atoms with E-state index in [1.165, 1.54) is 50.9 Å². The molecule has 3 N–H and O–H groups in total. The van der Waals surface area contributed by atoms with Crippen molar-refractivity contribution in [1.82, 2.24) is 10.2 Å². The summed E-state index contributed by atoms with van der Waals surface area (Å²) in [4.78, 5) is 2.51. The van der Waals surface area contributed by atoms with Gasteiger partial charge in [-0.15, -0.1) is 0 Å². The van der Waals surface area contributed by atoms with Gasteiger partial charge in [-0.1, -0.05) is 43.3 Å². The van der Waals surface area contributed by atoms with Crippen LogP contribution in [-0.4, -0.2) is 36.2 Å². The summed E-state index contributed by atoms with van der Waals surface area (Å²) in [6.07, 6.45) is 6.87. The quantitative estimate of drug-likeness (QED) is 0.348. The van der Waals surface area contributed by atoms with Crippen LogP contribution in [0.25, 0.3) is 11.1 Å². The SMILES string of the molecule is CCCN1CC[C@H](Oc2ccc(C3=C(c4ccc5c(c4)CC(C)(C)NC5)CCCc4cc(N)ccc43)cc2)C1. The van der Waals surface area contributed by atoms with E-state index in [1.54, 1.807) is 0 Å². The molecular formula is C35H43N3O. The highest BCUT2D eigenvalue weighted by molar-refractivity contribution is 6.00. The molecule has 3 aromatic rings. The number of benzene rings is 3. The highest BCUT2D eigenvalue weighted by atomic mass is 16.5. The first kappa shape index (κ1) is 26.2. The number of ether oxygens (including phenoxy) is 1. The second-order valence-corrected chi connectivity index (χ2v) is 12.4. The van der Waals surface area contributed by atoms with Gasteiger partial charge in [0, 0.05) is 30.9 Å². The van der Waals surface area contributed by atoms with Gasteiger partial charge in [-0.25, -0.2) is 0 Å². The molecule has 0 radical (unpaired) electrons. The first-order valence-electron chi connectivity index (χ1n) is 14.9. The maximum Gasteiger partial charge on any atom is 0.119 e. The van der Waals surface area contributed by atoms with Crippen molar-refractivity contribution >= 4 is 16.8 Å². The Bertz CT molecular complexity index is 1370. The topological polar surface area (TPSA) is 50.5 Å². The Morgan fingerprint density at radius 3 is 2.59 bits per heavy atom. The number of anilines is 1. The van der Waals surface area contributed by atoms with Crippen LogP contribution >= 0.6 is 0 Å². The molecular weight excluding hydrogens is 478 g/mol. The molecule has 0 aromatic heterocycles. The third-order valence-corrected chi connectivity index (χ3v) is 8.73. The van der Waals surface area contributed by atoms with Crippen LogP contribution in [0.4, 0.5) is 5.69 Å². The van der Waals surface area contributed by atoms with Gasteiger partial charge in [0.2, 0.25) is 0 Å². The first-order valence-corrected chi connectivity index (χ1v) is 14.9. The van der Waals surface area contributed by atoms with E-state index in [2.05, 4.69) is 91.7 Å². The maximum absolute atomic E-state index is 6.42. The van der Waals surface area contributed by atoms with E-state index < -0.39 is 0 Å². The second-order valence-electron chi connectivity index (χ2n) is 12.4. The van der Waals surface area contributed by atoms with Crippen molar-refractivity contribution < 1.29 is 4.74 Å². The summed E-state index contributed by atoms with van der Waals surface area (Å²) in [6.45, 7) is 11.1. The van der Waals surface area contributed by atoms with Gasteiger partial charge in [0.1, 0.15) is 11.9 Å². The number of aryl methyl sites for hydroxylation is 1. The van der Waals surface area contributed by atoms with Crippen molar-refractivity contribution in [2.45, 2.75) is 77.5 Å². The highest BCUT2D eigenvalue weighted by Gasteiger charge is 2.27. The summed E-state index contributed by atoms with van der Waals surface area (Å²) in [5.74, 6) is 0.971. The zero-order chi connectivity index (χ0) is 27.0. The molecule has 0 amide bonds. The summed E-state index contributed by atoms with van der Waals surface area (Å²) in [5.41, 5.74) is 18.2. The fourth-order valence-electron chi connectivity index (χ4n) is 6.75. The lowest BCUT2D eigenvalue weighted by atomic mass is 9.83. The van der Waals surface area contributed by atoms with Crippen molar-refractivity contribution in [1.29, 1.82) is 0 Å². The molecule has 1 fully saturated rings. The van der Waals surface area contributed by atoms with Crippen molar-refractivity contribution in [3.05, 3.63) is 94.0 Å². The number of rotatable bonds is 6. The average Bonchev–Trinajstić information content (AvgIpc) is 3.26. The molecule has 6 rings (SSSR count). The lowest BCUT2D eigenvalue weighted by molar-refractivity contribution is 0.200. The van der Waals surface area contributed by atoms with Crippen molar-refractivity contribution in [2.24, 2.45) is 0 Å². The fraction of sp³-hybridized carbons (Fsp3) is 0.429. The summed E-state index contributed by atoms with van der Waals surface area (Å²) < 4.78 is 6.42. The number of likely N-dealkylation sites (tertiary alicyclic amines) is 1. The Labute approximate surface area is 234 Å². The van der Waals surface area contributed by atoms with Crippen molar-refractivity contribution in [3.63, 3.8) is 0 Å². The summed E-state index contributed by atoms with van der Waals surface area (Å²) in [5, 5.41) is 3.68. The zero-order valence-electron chi connectivity index (χ0n) is 23.9. The Hall–Kier alpha value is -3.08. The van der Waals surface area contributed by atoms with Gasteiger partial charge in [0.15, 0.2) is 0 Å². The minimum absolute atomic E-state index is 0.124.